The summed E-state index contributed by atoms with van der Waals surface area (Å²) in [4.78, 5) is 31.6. The lowest BCUT2D eigenvalue weighted by molar-refractivity contribution is -0.116. The first-order valence-corrected chi connectivity index (χ1v) is 9.55. The maximum absolute atomic E-state index is 12.6. The van der Waals surface area contributed by atoms with Crippen LogP contribution in [0.2, 0.25) is 0 Å². The number of nitrogens with zero attached hydrogens (tertiary/aromatic N) is 5. The van der Waals surface area contributed by atoms with Crippen LogP contribution in [-0.2, 0) is 18.4 Å². The van der Waals surface area contributed by atoms with E-state index >= 15 is 0 Å². The maximum atomic E-state index is 12.6. The second kappa shape index (κ2) is 7.15. The molecule has 0 bridgehead atoms. The Morgan fingerprint density at radius 3 is 2.85 bits per heavy atom. The predicted molar refractivity (Wildman–Crippen MR) is 107 cm³/mol. The summed E-state index contributed by atoms with van der Waals surface area (Å²) in [6.07, 6.45) is 3.76. The average Bonchev–Trinajstić information content (AvgIpc) is 3.26. The zero-order valence-corrected chi connectivity index (χ0v) is 16.4. The number of anilines is 2. The molecule has 3 aromatic rings. The number of benzene rings is 1. The van der Waals surface area contributed by atoms with Gasteiger partial charge >= 0.3 is 0 Å². The van der Waals surface area contributed by atoms with Gasteiger partial charge in [-0.15, -0.1) is 0 Å². The van der Waals surface area contributed by atoms with E-state index in [0.717, 1.165) is 18.8 Å². The van der Waals surface area contributed by atoms with Crippen LogP contribution in [0.4, 0.5) is 11.4 Å². The highest BCUT2D eigenvalue weighted by atomic mass is 79.9. The second-order valence-electron chi connectivity index (χ2n) is 6.58. The molecule has 4 rings (SSSR count). The van der Waals surface area contributed by atoms with Crippen molar-refractivity contribution in [3.63, 3.8) is 0 Å². The van der Waals surface area contributed by atoms with Crippen LogP contribution in [0, 0.1) is 0 Å². The molecule has 0 spiro atoms. The van der Waals surface area contributed by atoms with E-state index in [4.69, 9.17) is 0 Å². The molecule has 0 unspecified atom stereocenters. The van der Waals surface area contributed by atoms with Crippen LogP contribution in [0.25, 0.3) is 11.0 Å². The summed E-state index contributed by atoms with van der Waals surface area (Å²) in [5, 5.41) is 7.37. The van der Waals surface area contributed by atoms with Crippen LogP contribution in [0.15, 0.2) is 40.0 Å². The Balaban J connectivity index is 1.52. The molecule has 0 saturated carbocycles. The largest absolute Gasteiger partial charge is 0.371 e. The predicted octanol–water partition coefficient (Wildman–Crippen LogP) is 2.13. The van der Waals surface area contributed by atoms with Gasteiger partial charge < -0.3 is 10.2 Å². The third-order valence-electron chi connectivity index (χ3n) is 4.68. The van der Waals surface area contributed by atoms with Crippen molar-refractivity contribution in [2.45, 2.75) is 19.4 Å². The van der Waals surface area contributed by atoms with Gasteiger partial charge in [0.05, 0.1) is 0 Å². The molecule has 1 fully saturated rings. The van der Waals surface area contributed by atoms with Crippen LogP contribution in [0.5, 0.6) is 0 Å². The summed E-state index contributed by atoms with van der Waals surface area (Å²) in [5.74, 6) is -0.281. The number of carbonyl (C=O) groups is 1. The molecule has 0 radical (unpaired) electrons. The number of carbonyl (C=O) groups excluding carboxylic acids is 1. The van der Waals surface area contributed by atoms with Crippen molar-refractivity contribution in [2.75, 3.05) is 23.3 Å². The number of fused-ring (bicyclic) bond motifs is 1. The van der Waals surface area contributed by atoms with Gasteiger partial charge in [-0.1, -0.05) is 6.07 Å². The fourth-order valence-electron chi connectivity index (χ4n) is 3.36. The fourth-order valence-corrected chi connectivity index (χ4v) is 3.94. The quantitative estimate of drug-likeness (QED) is 0.684. The Bertz CT molecular complexity index is 1070. The van der Waals surface area contributed by atoms with Gasteiger partial charge in [0, 0.05) is 31.5 Å². The minimum absolute atomic E-state index is 0.114. The van der Waals surface area contributed by atoms with Crippen LogP contribution in [0.1, 0.15) is 12.8 Å². The number of aromatic nitrogens is 4. The molecule has 27 heavy (non-hydrogen) atoms. The van der Waals surface area contributed by atoms with E-state index in [1.165, 1.54) is 28.4 Å². The first kappa shape index (κ1) is 17.7. The lowest BCUT2D eigenvalue weighted by Crippen LogP contribution is -2.28. The number of amides is 1. The highest BCUT2D eigenvalue weighted by Gasteiger charge is 2.16. The van der Waals surface area contributed by atoms with Crippen LogP contribution in [-0.4, -0.2) is 38.3 Å². The Morgan fingerprint density at radius 1 is 1.30 bits per heavy atom. The summed E-state index contributed by atoms with van der Waals surface area (Å²) in [6.45, 7) is 1.97. The third-order valence-corrected chi connectivity index (χ3v) is 5.24. The molecular weight excluding hydrogens is 412 g/mol. The highest BCUT2D eigenvalue weighted by Crippen LogP contribution is 2.23. The van der Waals surface area contributed by atoms with Gasteiger partial charge in [0.1, 0.15) is 22.9 Å². The highest BCUT2D eigenvalue weighted by molar-refractivity contribution is 9.10. The van der Waals surface area contributed by atoms with Gasteiger partial charge in [0.25, 0.3) is 5.56 Å². The molecule has 2 aromatic heterocycles. The summed E-state index contributed by atoms with van der Waals surface area (Å²) in [5.41, 5.74) is 1.99. The normalized spacial score (nSPS) is 14.1. The van der Waals surface area contributed by atoms with E-state index in [1.54, 1.807) is 7.05 Å². The van der Waals surface area contributed by atoms with Crippen molar-refractivity contribution in [2.24, 2.45) is 7.05 Å². The molecule has 3 heterocycles. The number of hydrogen-bond donors (Lipinski definition) is 1. The minimum Gasteiger partial charge on any atom is -0.371 e. The van der Waals surface area contributed by atoms with Gasteiger partial charge in [-0.3, -0.25) is 14.2 Å². The first-order valence-electron chi connectivity index (χ1n) is 8.75. The number of rotatable bonds is 4. The SMILES string of the molecule is Cn1nc(Br)c2c(=O)n(CC(=O)Nc3cccc(N4CCCC4)c3)cnc21. The lowest BCUT2D eigenvalue weighted by Gasteiger charge is -2.18. The van der Waals surface area contributed by atoms with Crippen molar-refractivity contribution in [3.05, 3.63) is 45.5 Å². The van der Waals surface area contributed by atoms with E-state index < -0.39 is 0 Å². The maximum Gasteiger partial charge on any atom is 0.266 e. The lowest BCUT2D eigenvalue weighted by atomic mass is 10.2. The summed E-state index contributed by atoms with van der Waals surface area (Å²) < 4.78 is 3.23. The van der Waals surface area contributed by atoms with E-state index in [-0.39, 0.29) is 18.0 Å². The molecule has 1 aromatic carbocycles. The van der Waals surface area contributed by atoms with Crippen LogP contribution < -0.4 is 15.8 Å². The van der Waals surface area contributed by atoms with Crippen molar-refractivity contribution in [1.29, 1.82) is 0 Å². The molecule has 1 N–H and O–H groups in total. The number of halogens is 1. The Morgan fingerprint density at radius 2 is 2.07 bits per heavy atom. The minimum atomic E-state index is -0.305. The summed E-state index contributed by atoms with van der Waals surface area (Å²) >= 11 is 3.27. The van der Waals surface area contributed by atoms with E-state index in [9.17, 15) is 9.59 Å². The van der Waals surface area contributed by atoms with Crippen molar-refractivity contribution >= 4 is 44.2 Å². The van der Waals surface area contributed by atoms with E-state index in [0.29, 0.717) is 21.3 Å². The summed E-state index contributed by atoms with van der Waals surface area (Å²) in [7, 11) is 1.71. The van der Waals surface area contributed by atoms with Gasteiger partial charge in [-0.2, -0.15) is 5.10 Å². The van der Waals surface area contributed by atoms with Crippen LogP contribution in [0.3, 0.4) is 0 Å². The topological polar surface area (TPSA) is 85.0 Å². The van der Waals surface area contributed by atoms with E-state index in [1.807, 2.05) is 24.3 Å². The zero-order chi connectivity index (χ0) is 19.0. The summed E-state index contributed by atoms with van der Waals surface area (Å²) in [6, 6.07) is 7.78. The fraction of sp³-hybridized carbons (Fsp3) is 0.333. The molecular formula is C18H19BrN6O2. The molecule has 8 nitrogen and oxygen atoms in total. The third kappa shape index (κ3) is 3.46. The molecule has 1 amide bonds. The van der Waals surface area contributed by atoms with Gasteiger partial charge in [0.15, 0.2) is 5.65 Å². The Kier molecular flexibility index (Phi) is 4.69. The molecule has 1 aliphatic heterocycles. The molecule has 1 aliphatic rings. The average molecular weight is 431 g/mol. The molecule has 1 saturated heterocycles. The Hall–Kier alpha value is -2.68. The van der Waals surface area contributed by atoms with Gasteiger partial charge in [-0.25, -0.2) is 9.67 Å². The number of hydrogen-bond acceptors (Lipinski definition) is 5. The van der Waals surface area contributed by atoms with Crippen molar-refractivity contribution in [3.8, 4) is 0 Å². The standard InChI is InChI=1S/C18H19BrN6O2/c1-23-17-15(16(19)22-23)18(27)25(11-20-17)10-14(26)21-12-5-4-6-13(9-12)24-7-2-3-8-24/h4-6,9,11H,2-3,7-8,10H2,1H3,(H,21,26). The second-order valence-corrected chi connectivity index (χ2v) is 7.33. The van der Waals surface area contributed by atoms with Gasteiger partial charge in [-0.05, 0) is 47.0 Å². The number of nitrogens with one attached hydrogen (secondary N) is 1. The van der Waals surface area contributed by atoms with Crippen molar-refractivity contribution < 1.29 is 4.79 Å². The zero-order valence-electron chi connectivity index (χ0n) is 14.9. The van der Waals surface area contributed by atoms with Crippen LogP contribution >= 0.6 is 15.9 Å². The Labute approximate surface area is 163 Å². The van der Waals surface area contributed by atoms with Gasteiger partial charge in [0.2, 0.25) is 5.91 Å². The smallest absolute Gasteiger partial charge is 0.266 e. The molecule has 0 aliphatic carbocycles. The number of aryl methyl sites for hydroxylation is 1. The molecule has 140 valence electrons. The first-order chi connectivity index (χ1) is 13.0. The van der Waals surface area contributed by atoms with Crippen molar-refractivity contribution in [1.82, 2.24) is 19.3 Å². The van der Waals surface area contributed by atoms with E-state index in [2.05, 4.69) is 36.2 Å². The molecule has 9 heteroatoms. The molecule has 0 atom stereocenters. The monoisotopic (exact) mass is 430 g/mol.